The molecule has 0 aliphatic carbocycles. The van der Waals surface area contributed by atoms with E-state index in [1.165, 1.54) is 0 Å². The van der Waals surface area contributed by atoms with Crippen LogP contribution in [0.4, 0.5) is 0 Å². The Morgan fingerprint density at radius 3 is 2.67 bits per heavy atom. The minimum atomic E-state index is 0.588. The zero-order valence-electron chi connectivity index (χ0n) is 13.1. The van der Waals surface area contributed by atoms with Crippen LogP contribution in [0.3, 0.4) is 0 Å². The van der Waals surface area contributed by atoms with Gasteiger partial charge in [0.2, 0.25) is 5.88 Å². The van der Waals surface area contributed by atoms with Crippen molar-refractivity contribution in [2.75, 3.05) is 0 Å². The lowest BCUT2D eigenvalue weighted by Gasteiger charge is -2.06. The maximum absolute atomic E-state index is 10.7. The molecule has 0 saturated carbocycles. The second-order valence-corrected chi connectivity index (χ2v) is 5.17. The Morgan fingerprint density at radius 1 is 1.21 bits per heavy atom. The molecule has 0 N–H and O–H groups in total. The van der Waals surface area contributed by atoms with E-state index in [0.29, 0.717) is 29.3 Å². The van der Waals surface area contributed by atoms with E-state index in [1.54, 1.807) is 41.1 Å². The molecule has 0 atom stereocenters. The topological polar surface area (TPSA) is 67.9 Å². The van der Waals surface area contributed by atoms with Crippen LogP contribution in [0.15, 0.2) is 54.6 Å². The highest BCUT2D eigenvalue weighted by atomic mass is 16.5. The third kappa shape index (κ3) is 3.18. The zero-order valence-corrected chi connectivity index (χ0v) is 13.1. The SMILES string of the molecule is CCn1nc(-c2cccc(C#N)c2)cc1Oc1ccc(C=O)cc1. The Balaban J connectivity index is 1.92. The fourth-order valence-electron chi connectivity index (χ4n) is 2.33. The number of carbonyl (C=O) groups excluding carboxylic acids is 1. The number of rotatable bonds is 5. The summed E-state index contributed by atoms with van der Waals surface area (Å²) >= 11 is 0. The number of hydrogen-bond acceptors (Lipinski definition) is 4. The number of ether oxygens (including phenoxy) is 1. The van der Waals surface area contributed by atoms with E-state index >= 15 is 0 Å². The molecule has 0 unspecified atom stereocenters. The highest BCUT2D eigenvalue weighted by Gasteiger charge is 2.11. The van der Waals surface area contributed by atoms with Crippen molar-refractivity contribution in [1.29, 1.82) is 5.26 Å². The fourth-order valence-corrected chi connectivity index (χ4v) is 2.33. The number of aromatic nitrogens is 2. The monoisotopic (exact) mass is 317 g/mol. The van der Waals surface area contributed by atoms with E-state index in [1.807, 2.05) is 25.1 Å². The van der Waals surface area contributed by atoms with Crippen molar-refractivity contribution < 1.29 is 9.53 Å². The third-order valence-electron chi connectivity index (χ3n) is 3.57. The van der Waals surface area contributed by atoms with Gasteiger partial charge in [0.15, 0.2) is 0 Å². The van der Waals surface area contributed by atoms with Gasteiger partial charge in [0.25, 0.3) is 0 Å². The van der Waals surface area contributed by atoms with Crippen molar-refractivity contribution in [3.8, 4) is 29.0 Å². The van der Waals surface area contributed by atoms with Crippen molar-refractivity contribution in [2.45, 2.75) is 13.5 Å². The first-order chi connectivity index (χ1) is 11.7. The Labute approximate surface area is 139 Å². The molecule has 0 amide bonds. The summed E-state index contributed by atoms with van der Waals surface area (Å²) in [5.74, 6) is 1.24. The van der Waals surface area contributed by atoms with E-state index in [2.05, 4.69) is 11.2 Å². The summed E-state index contributed by atoms with van der Waals surface area (Å²) in [5.41, 5.74) is 2.79. The van der Waals surface area contributed by atoms with Crippen LogP contribution in [0.25, 0.3) is 11.3 Å². The van der Waals surface area contributed by atoms with E-state index in [4.69, 9.17) is 10.00 Å². The first-order valence-electron chi connectivity index (χ1n) is 7.55. The minimum Gasteiger partial charge on any atom is -0.439 e. The van der Waals surface area contributed by atoms with E-state index < -0.39 is 0 Å². The van der Waals surface area contributed by atoms with Crippen molar-refractivity contribution in [1.82, 2.24) is 9.78 Å². The van der Waals surface area contributed by atoms with Gasteiger partial charge >= 0.3 is 0 Å². The van der Waals surface area contributed by atoms with Crippen molar-refractivity contribution in [3.63, 3.8) is 0 Å². The lowest BCUT2D eigenvalue weighted by Crippen LogP contribution is -1.99. The molecule has 0 aliphatic rings. The van der Waals surface area contributed by atoms with Gasteiger partial charge in [-0.1, -0.05) is 12.1 Å². The standard InChI is InChI=1S/C19H15N3O2/c1-2-22-19(24-17-8-6-14(13-23)7-9-17)11-18(21-22)16-5-3-4-15(10-16)12-20/h3-11,13H,2H2,1H3. The van der Waals surface area contributed by atoms with Crippen molar-refractivity contribution >= 4 is 6.29 Å². The molecule has 0 fully saturated rings. The molecule has 3 aromatic rings. The Morgan fingerprint density at radius 2 is 2.00 bits per heavy atom. The van der Waals surface area contributed by atoms with E-state index in [0.717, 1.165) is 17.5 Å². The molecular formula is C19H15N3O2. The lowest BCUT2D eigenvalue weighted by atomic mass is 10.1. The summed E-state index contributed by atoms with van der Waals surface area (Å²) in [5, 5.41) is 13.6. The molecule has 0 aliphatic heterocycles. The zero-order chi connectivity index (χ0) is 16.9. The first kappa shape index (κ1) is 15.5. The molecule has 24 heavy (non-hydrogen) atoms. The van der Waals surface area contributed by atoms with Gasteiger partial charge in [-0.05, 0) is 43.3 Å². The van der Waals surface area contributed by atoms with Crippen LogP contribution in [-0.2, 0) is 6.54 Å². The summed E-state index contributed by atoms with van der Waals surface area (Å²) in [6.07, 6.45) is 0.792. The smallest absolute Gasteiger partial charge is 0.218 e. The molecule has 118 valence electrons. The first-order valence-corrected chi connectivity index (χ1v) is 7.55. The number of aryl methyl sites for hydroxylation is 1. The number of nitriles is 1. The summed E-state index contributed by atoms with van der Waals surface area (Å²) < 4.78 is 7.63. The van der Waals surface area contributed by atoms with Gasteiger partial charge in [-0.3, -0.25) is 4.79 Å². The average Bonchev–Trinajstić information content (AvgIpc) is 3.05. The maximum Gasteiger partial charge on any atom is 0.218 e. The van der Waals surface area contributed by atoms with Gasteiger partial charge in [0.05, 0.1) is 17.3 Å². The second kappa shape index (κ2) is 6.80. The highest BCUT2D eigenvalue weighted by Crippen LogP contribution is 2.28. The molecule has 5 nitrogen and oxygen atoms in total. The van der Waals surface area contributed by atoms with Gasteiger partial charge in [-0.25, -0.2) is 4.68 Å². The minimum absolute atomic E-state index is 0.588. The van der Waals surface area contributed by atoms with Crippen molar-refractivity contribution in [3.05, 3.63) is 65.7 Å². The van der Waals surface area contributed by atoms with E-state index in [-0.39, 0.29) is 0 Å². The summed E-state index contributed by atoms with van der Waals surface area (Å²) in [7, 11) is 0. The quantitative estimate of drug-likeness (QED) is 0.666. The number of hydrogen-bond donors (Lipinski definition) is 0. The molecule has 2 aromatic carbocycles. The van der Waals surface area contributed by atoms with Gasteiger partial charge in [-0.15, -0.1) is 0 Å². The molecule has 1 heterocycles. The van der Waals surface area contributed by atoms with E-state index in [9.17, 15) is 4.79 Å². The maximum atomic E-state index is 10.7. The fraction of sp³-hybridized carbons (Fsp3) is 0.105. The molecule has 1 aromatic heterocycles. The highest BCUT2D eigenvalue weighted by molar-refractivity contribution is 5.74. The summed E-state index contributed by atoms with van der Waals surface area (Å²) in [6.45, 7) is 2.63. The Hall–Kier alpha value is -3.39. The number of benzene rings is 2. The van der Waals surface area contributed by atoms with Crippen LogP contribution >= 0.6 is 0 Å². The second-order valence-electron chi connectivity index (χ2n) is 5.17. The van der Waals surface area contributed by atoms with Gasteiger partial charge in [0.1, 0.15) is 12.0 Å². The van der Waals surface area contributed by atoms with Crippen LogP contribution in [0.5, 0.6) is 11.6 Å². The predicted molar refractivity (Wildman–Crippen MR) is 90.0 cm³/mol. The molecular weight excluding hydrogens is 302 g/mol. The summed E-state index contributed by atoms with van der Waals surface area (Å²) in [6, 6.07) is 18.1. The largest absolute Gasteiger partial charge is 0.439 e. The predicted octanol–water partition coefficient (Wildman–Crippen LogP) is 4.05. The molecule has 0 saturated heterocycles. The molecule has 3 rings (SSSR count). The third-order valence-corrected chi connectivity index (χ3v) is 3.57. The van der Waals surface area contributed by atoms with Gasteiger partial charge in [0, 0.05) is 23.7 Å². The van der Waals surface area contributed by atoms with Crippen molar-refractivity contribution in [2.24, 2.45) is 0 Å². The van der Waals surface area contributed by atoms with Gasteiger partial charge in [-0.2, -0.15) is 10.4 Å². The molecule has 0 radical (unpaired) electrons. The average molecular weight is 317 g/mol. The van der Waals surface area contributed by atoms with Crippen LogP contribution in [0, 0.1) is 11.3 Å². The normalized spacial score (nSPS) is 10.2. The number of aldehydes is 1. The molecule has 0 bridgehead atoms. The lowest BCUT2D eigenvalue weighted by molar-refractivity contribution is 0.112. The molecule has 5 heteroatoms. The van der Waals surface area contributed by atoms with Crippen LogP contribution in [0.1, 0.15) is 22.8 Å². The van der Waals surface area contributed by atoms with Gasteiger partial charge < -0.3 is 4.74 Å². The Kier molecular flexibility index (Phi) is 4.39. The van der Waals surface area contributed by atoms with Crippen LogP contribution in [-0.4, -0.2) is 16.1 Å². The van der Waals surface area contributed by atoms with Crippen LogP contribution in [0.2, 0.25) is 0 Å². The molecule has 0 spiro atoms. The Bertz CT molecular complexity index is 905. The number of carbonyl (C=O) groups is 1. The number of nitrogens with zero attached hydrogens (tertiary/aromatic N) is 3. The summed E-state index contributed by atoms with van der Waals surface area (Å²) in [4.78, 5) is 10.7. The van der Waals surface area contributed by atoms with Crippen LogP contribution < -0.4 is 4.74 Å².